The van der Waals surface area contributed by atoms with Crippen LogP contribution in [0.2, 0.25) is 0 Å². The van der Waals surface area contributed by atoms with Gasteiger partial charge in [0.05, 0.1) is 17.2 Å². The number of ether oxygens (including phenoxy) is 1. The van der Waals surface area contributed by atoms with E-state index in [2.05, 4.69) is 5.32 Å². The van der Waals surface area contributed by atoms with E-state index in [0.29, 0.717) is 19.4 Å². The topological polar surface area (TPSA) is 188 Å². The first-order valence-electron chi connectivity index (χ1n) is 12.4. The second kappa shape index (κ2) is 8.83. The Morgan fingerprint density at radius 3 is 2.45 bits per heavy atom. The van der Waals surface area contributed by atoms with Crippen molar-refractivity contribution in [3.8, 4) is 0 Å². The fourth-order valence-corrected chi connectivity index (χ4v) is 7.34. The van der Waals surface area contributed by atoms with Crippen molar-refractivity contribution < 1.29 is 47.9 Å². The van der Waals surface area contributed by atoms with Crippen LogP contribution in [0.1, 0.15) is 32.1 Å². The van der Waals surface area contributed by atoms with Gasteiger partial charge in [-0.3, -0.25) is 9.59 Å². The maximum absolute atomic E-state index is 14.5. The van der Waals surface area contributed by atoms with Crippen molar-refractivity contribution in [3.63, 3.8) is 0 Å². The molecule has 0 saturated carbocycles. The number of ketones is 1. The summed E-state index contributed by atoms with van der Waals surface area (Å²) in [5.41, 5.74) is 6.71. The minimum atomic E-state index is -4.78. The number of carbonyl (C=O) groups excluding carboxylic acids is 2. The van der Waals surface area contributed by atoms with Gasteiger partial charge in [0.25, 0.3) is 5.91 Å². The highest BCUT2D eigenvalue weighted by atomic mass is 19.4. The van der Waals surface area contributed by atoms with E-state index in [1.807, 2.05) is 0 Å². The van der Waals surface area contributed by atoms with E-state index in [0.717, 1.165) is 7.11 Å². The lowest BCUT2D eigenvalue weighted by Crippen LogP contribution is -2.65. The highest BCUT2D eigenvalue weighted by molar-refractivity contribution is 6.03. The molecule has 0 aromatic carbocycles. The summed E-state index contributed by atoms with van der Waals surface area (Å²) in [6, 6.07) is -1.92. The molecule has 1 heterocycles. The minimum Gasteiger partial charge on any atom is -0.510 e. The number of hydrogen-bond acceptors (Lipinski definition) is 9. The molecule has 13 heteroatoms. The van der Waals surface area contributed by atoms with Crippen LogP contribution in [-0.4, -0.2) is 75.7 Å². The van der Waals surface area contributed by atoms with Gasteiger partial charge in [0.1, 0.15) is 23.4 Å². The number of alkyl halides is 3. The van der Waals surface area contributed by atoms with Crippen LogP contribution in [0.4, 0.5) is 13.2 Å². The summed E-state index contributed by atoms with van der Waals surface area (Å²) in [4.78, 5) is 25.3. The standard InChI is InChI=1S/C25H30F3N3O7/c1-38-24-11(18(29)20(34)16(22(24)36)23(30)37)6-8-5-10-15(19(33)14(8)21(24)35)13(32)7-9(12-3-2-4-31-12)17(10)25(26,27)28/h8-9,11-12,18,22,31,33-36H,2-7,29H2,1H3,(H2,30,37)/t8-,9?,11-,12?,18-,22?,24-/m0/s1. The van der Waals surface area contributed by atoms with Gasteiger partial charge in [0.15, 0.2) is 11.4 Å². The number of methoxy groups -OCH3 is 1. The summed E-state index contributed by atoms with van der Waals surface area (Å²) in [6.07, 6.45) is -6.59. The number of halogens is 3. The monoisotopic (exact) mass is 541 g/mol. The first-order valence-corrected chi connectivity index (χ1v) is 12.4. The molecule has 38 heavy (non-hydrogen) atoms. The fraction of sp³-hybridized carbons (Fsp3) is 0.600. The molecule has 10 nitrogen and oxygen atoms in total. The average molecular weight is 542 g/mol. The van der Waals surface area contributed by atoms with Gasteiger partial charge < -0.3 is 41.9 Å². The normalized spacial score (nSPS) is 37.9. The first-order chi connectivity index (χ1) is 17.8. The third-order valence-corrected chi connectivity index (χ3v) is 8.94. The highest BCUT2D eigenvalue weighted by Crippen LogP contribution is 2.57. The zero-order valence-electron chi connectivity index (χ0n) is 20.5. The van der Waals surface area contributed by atoms with Crippen molar-refractivity contribution in [2.24, 2.45) is 29.2 Å². The molecule has 0 aromatic rings. The van der Waals surface area contributed by atoms with Gasteiger partial charge in [-0.1, -0.05) is 0 Å². The second-order valence-corrected chi connectivity index (χ2v) is 10.6. The van der Waals surface area contributed by atoms with Crippen LogP contribution in [-0.2, 0) is 14.3 Å². The van der Waals surface area contributed by atoms with Crippen molar-refractivity contribution in [2.45, 2.75) is 62.1 Å². The highest BCUT2D eigenvalue weighted by Gasteiger charge is 2.63. The molecule has 3 unspecified atom stereocenters. The zero-order chi connectivity index (χ0) is 27.9. The maximum atomic E-state index is 14.5. The van der Waals surface area contributed by atoms with Crippen molar-refractivity contribution in [1.82, 2.24) is 5.32 Å². The van der Waals surface area contributed by atoms with Crippen LogP contribution >= 0.6 is 0 Å². The first kappa shape index (κ1) is 26.7. The van der Waals surface area contributed by atoms with Gasteiger partial charge in [-0.2, -0.15) is 13.2 Å². The number of rotatable bonds is 3. The SMILES string of the molecule is CO[C@]12C(O)=C3C(O)=C4C(=O)CC(C5CCCN5)C(C(F)(F)F)=C4C[C@H]3C[C@H]1[C@H](N)C(O)=C(C(N)=O)C2O. The third kappa shape index (κ3) is 3.48. The van der Waals surface area contributed by atoms with Crippen LogP contribution < -0.4 is 16.8 Å². The smallest absolute Gasteiger partial charge is 0.413 e. The number of amides is 1. The van der Waals surface area contributed by atoms with Crippen molar-refractivity contribution >= 4 is 11.7 Å². The van der Waals surface area contributed by atoms with Crippen molar-refractivity contribution in [3.05, 3.63) is 45.1 Å². The van der Waals surface area contributed by atoms with Gasteiger partial charge in [-0.25, -0.2) is 0 Å². The molecular formula is C25H30F3N3O7. The molecule has 208 valence electrons. The Bertz CT molecular complexity index is 1230. The van der Waals surface area contributed by atoms with Gasteiger partial charge in [-0.15, -0.1) is 0 Å². The summed E-state index contributed by atoms with van der Waals surface area (Å²) in [6.45, 7) is 0.540. The van der Waals surface area contributed by atoms with E-state index in [4.69, 9.17) is 16.2 Å². The molecule has 4 aliphatic carbocycles. The predicted octanol–water partition coefficient (Wildman–Crippen LogP) is 1.23. The Balaban J connectivity index is 1.74. The molecule has 1 amide bonds. The van der Waals surface area contributed by atoms with Gasteiger partial charge in [0, 0.05) is 42.6 Å². The number of hydrogen-bond donors (Lipinski definition) is 7. The lowest BCUT2D eigenvalue weighted by atomic mass is 9.57. The number of aliphatic hydroxyl groups is 4. The molecule has 1 fully saturated rings. The molecule has 0 spiro atoms. The number of carbonyl (C=O) groups is 2. The lowest BCUT2D eigenvalue weighted by Gasteiger charge is -2.53. The predicted molar refractivity (Wildman–Crippen MR) is 125 cm³/mol. The molecule has 0 radical (unpaired) electrons. The van der Waals surface area contributed by atoms with E-state index in [1.165, 1.54) is 0 Å². The van der Waals surface area contributed by atoms with Crippen LogP contribution in [0.5, 0.6) is 0 Å². The third-order valence-electron chi connectivity index (χ3n) is 8.94. The number of allylic oxidation sites excluding steroid dienone is 3. The second-order valence-electron chi connectivity index (χ2n) is 10.6. The van der Waals surface area contributed by atoms with E-state index in [-0.39, 0.29) is 24.0 Å². The van der Waals surface area contributed by atoms with Gasteiger partial charge in [0.2, 0.25) is 0 Å². The van der Waals surface area contributed by atoms with Crippen LogP contribution in [0, 0.1) is 17.8 Å². The Kier molecular flexibility index (Phi) is 6.21. The van der Waals surface area contributed by atoms with Crippen molar-refractivity contribution in [1.29, 1.82) is 0 Å². The van der Waals surface area contributed by atoms with Gasteiger partial charge >= 0.3 is 6.18 Å². The van der Waals surface area contributed by atoms with E-state index in [9.17, 15) is 43.2 Å². The summed E-state index contributed by atoms with van der Waals surface area (Å²) < 4.78 is 49.1. The summed E-state index contributed by atoms with van der Waals surface area (Å²) in [7, 11) is 1.10. The van der Waals surface area contributed by atoms with Crippen molar-refractivity contribution in [2.75, 3.05) is 13.7 Å². The molecule has 9 N–H and O–H groups in total. The zero-order valence-corrected chi connectivity index (χ0v) is 20.5. The number of nitrogens with two attached hydrogens (primary N) is 2. The van der Waals surface area contributed by atoms with Crippen LogP contribution in [0.15, 0.2) is 45.1 Å². The van der Waals surface area contributed by atoms with Gasteiger partial charge in [-0.05, 0) is 43.7 Å². The Labute approximate surface area is 215 Å². The summed E-state index contributed by atoms with van der Waals surface area (Å²) >= 11 is 0. The molecule has 1 aliphatic heterocycles. The molecule has 1 saturated heterocycles. The van der Waals surface area contributed by atoms with E-state index < -0.39 is 99.8 Å². The van der Waals surface area contributed by atoms with Crippen LogP contribution in [0.25, 0.3) is 0 Å². The molecule has 0 aromatic heterocycles. The minimum absolute atomic E-state index is 0.145. The average Bonchev–Trinajstić information content (AvgIpc) is 3.36. The molecule has 5 aliphatic rings. The molecule has 7 atom stereocenters. The number of fused-ring (bicyclic) bond motifs is 3. The quantitative estimate of drug-likeness (QED) is 0.276. The number of primary amides is 1. The Morgan fingerprint density at radius 2 is 1.89 bits per heavy atom. The molecular weight excluding hydrogens is 511 g/mol. The Hall–Kier alpha value is -2.87. The van der Waals surface area contributed by atoms with Crippen LogP contribution in [0.3, 0.4) is 0 Å². The Morgan fingerprint density at radius 1 is 1.21 bits per heavy atom. The lowest BCUT2D eigenvalue weighted by molar-refractivity contribution is -0.150. The largest absolute Gasteiger partial charge is 0.510 e. The summed E-state index contributed by atoms with van der Waals surface area (Å²) in [5, 5.41) is 47.4. The number of nitrogens with one attached hydrogen (secondary N) is 1. The van der Waals surface area contributed by atoms with E-state index in [1.54, 1.807) is 0 Å². The van der Waals surface area contributed by atoms with E-state index >= 15 is 0 Å². The fourth-order valence-electron chi connectivity index (χ4n) is 7.34. The summed E-state index contributed by atoms with van der Waals surface area (Å²) in [5.74, 6) is -7.42. The maximum Gasteiger partial charge on any atom is 0.413 e. The molecule has 5 rings (SSSR count). The molecule has 0 bridgehead atoms. The number of aliphatic hydroxyl groups excluding tert-OH is 4. The number of Topliss-reactive ketones (excluding diaryl/α,β-unsaturated/α-hetero) is 1.